The summed E-state index contributed by atoms with van der Waals surface area (Å²) >= 11 is 1.37. The van der Waals surface area contributed by atoms with E-state index in [2.05, 4.69) is 19.2 Å². The molecular formula is C15H23NO2S. The van der Waals surface area contributed by atoms with Crippen LogP contribution >= 0.6 is 11.3 Å². The summed E-state index contributed by atoms with van der Waals surface area (Å²) in [4.78, 5) is 12.5. The third kappa shape index (κ3) is 3.37. The topological polar surface area (TPSA) is 49.3 Å². The lowest BCUT2D eigenvalue weighted by atomic mass is 9.73. The van der Waals surface area contributed by atoms with Crippen molar-refractivity contribution >= 4 is 17.3 Å². The number of carbonyl (C=O) groups is 1. The van der Waals surface area contributed by atoms with E-state index in [0.29, 0.717) is 16.3 Å². The predicted molar refractivity (Wildman–Crippen MR) is 78.9 cm³/mol. The van der Waals surface area contributed by atoms with Gasteiger partial charge in [0.1, 0.15) is 4.88 Å². The van der Waals surface area contributed by atoms with Gasteiger partial charge in [0, 0.05) is 17.5 Å². The third-order valence-corrected chi connectivity index (χ3v) is 5.36. The number of hydrogen-bond donors (Lipinski definition) is 2. The fourth-order valence-electron chi connectivity index (χ4n) is 2.91. The number of hydrogen-bond acceptors (Lipinski definition) is 3. The standard InChI is InChI=1S/C15H23NO2S/c1-10-11(8-12(19-10)14(17)18)9-16-13-6-4-5-7-15(13,2)3/h8,13,16H,4-7,9H2,1-3H3,(H,17,18). The molecule has 1 heterocycles. The largest absolute Gasteiger partial charge is 0.477 e. The number of aromatic carboxylic acids is 1. The van der Waals surface area contributed by atoms with E-state index >= 15 is 0 Å². The Kier molecular flexibility index (Phi) is 4.31. The molecule has 1 aromatic rings. The minimum atomic E-state index is -0.822. The van der Waals surface area contributed by atoms with E-state index in [0.717, 1.165) is 17.0 Å². The quantitative estimate of drug-likeness (QED) is 0.882. The van der Waals surface area contributed by atoms with Crippen LogP contribution in [-0.4, -0.2) is 17.1 Å². The van der Waals surface area contributed by atoms with Crippen molar-refractivity contribution in [2.45, 2.75) is 59.0 Å². The molecule has 0 amide bonds. The molecule has 106 valence electrons. The predicted octanol–water partition coefficient (Wildman–Crippen LogP) is 3.81. The fourth-order valence-corrected chi connectivity index (χ4v) is 3.79. The third-order valence-electron chi connectivity index (χ3n) is 4.28. The molecule has 1 aromatic heterocycles. The summed E-state index contributed by atoms with van der Waals surface area (Å²) in [6.07, 6.45) is 5.12. The van der Waals surface area contributed by atoms with Gasteiger partial charge in [-0.3, -0.25) is 0 Å². The van der Waals surface area contributed by atoms with E-state index in [4.69, 9.17) is 5.11 Å². The molecule has 1 aliphatic carbocycles. The Bertz CT molecular complexity index is 465. The Balaban J connectivity index is 2.00. The van der Waals surface area contributed by atoms with Gasteiger partial charge in [-0.25, -0.2) is 4.79 Å². The molecule has 3 nitrogen and oxygen atoms in total. The average molecular weight is 281 g/mol. The first kappa shape index (κ1) is 14.5. The van der Waals surface area contributed by atoms with Gasteiger partial charge >= 0.3 is 5.97 Å². The zero-order valence-electron chi connectivity index (χ0n) is 12.0. The normalized spacial score (nSPS) is 22.4. The highest BCUT2D eigenvalue weighted by molar-refractivity contribution is 7.14. The SMILES string of the molecule is Cc1sc(C(=O)O)cc1CNC1CCCCC1(C)C. The van der Waals surface area contributed by atoms with Gasteiger partial charge in [-0.15, -0.1) is 11.3 Å². The van der Waals surface area contributed by atoms with Gasteiger partial charge in [0.05, 0.1) is 0 Å². The number of carboxylic acids is 1. The molecule has 0 spiro atoms. The summed E-state index contributed by atoms with van der Waals surface area (Å²) in [6, 6.07) is 2.35. The van der Waals surface area contributed by atoms with Crippen LogP contribution in [0.3, 0.4) is 0 Å². The van der Waals surface area contributed by atoms with Gasteiger partial charge in [-0.2, -0.15) is 0 Å². The van der Waals surface area contributed by atoms with Gasteiger partial charge in [0.2, 0.25) is 0 Å². The molecule has 1 atom stereocenters. The Morgan fingerprint density at radius 1 is 1.53 bits per heavy atom. The minimum absolute atomic E-state index is 0.345. The van der Waals surface area contributed by atoms with Crippen LogP contribution in [-0.2, 0) is 6.54 Å². The molecule has 0 saturated heterocycles. The first-order valence-electron chi connectivity index (χ1n) is 6.96. The molecule has 0 aliphatic heterocycles. The summed E-state index contributed by atoms with van der Waals surface area (Å²) in [5, 5.41) is 12.6. The van der Waals surface area contributed by atoms with Crippen LogP contribution < -0.4 is 5.32 Å². The molecule has 4 heteroatoms. The van der Waals surface area contributed by atoms with Gasteiger partial charge < -0.3 is 10.4 Å². The van der Waals surface area contributed by atoms with Crippen molar-refractivity contribution in [3.63, 3.8) is 0 Å². The second-order valence-corrected chi connectivity index (χ2v) is 7.42. The second-order valence-electron chi connectivity index (χ2n) is 6.17. The van der Waals surface area contributed by atoms with E-state index in [-0.39, 0.29) is 0 Å². The smallest absolute Gasteiger partial charge is 0.345 e. The Morgan fingerprint density at radius 2 is 2.26 bits per heavy atom. The molecule has 0 aromatic carbocycles. The molecule has 2 rings (SSSR count). The molecule has 1 saturated carbocycles. The van der Waals surface area contributed by atoms with Gasteiger partial charge in [0.15, 0.2) is 0 Å². The van der Waals surface area contributed by atoms with Crippen molar-refractivity contribution in [3.05, 3.63) is 21.4 Å². The number of rotatable bonds is 4. The lowest BCUT2D eigenvalue weighted by Gasteiger charge is -2.39. The molecule has 1 fully saturated rings. The molecular weight excluding hydrogens is 258 g/mol. The van der Waals surface area contributed by atoms with Crippen LogP contribution in [0, 0.1) is 12.3 Å². The van der Waals surface area contributed by atoms with Crippen LogP contribution in [0.4, 0.5) is 0 Å². The van der Waals surface area contributed by atoms with Crippen molar-refractivity contribution < 1.29 is 9.90 Å². The highest BCUT2D eigenvalue weighted by Gasteiger charge is 2.31. The van der Waals surface area contributed by atoms with E-state index in [1.54, 1.807) is 0 Å². The number of nitrogens with one attached hydrogen (secondary N) is 1. The zero-order valence-corrected chi connectivity index (χ0v) is 12.8. The van der Waals surface area contributed by atoms with Crippen molar-refractivity contribution in [3.8, 4) is 0 Å². The molecule has 1 aliphatic rings. The summed E-state index contributed by atoms with van der Waals surface area (Å²) in [6.45, 7) is 7.43. The maximum atomic E-state index is 11.0. The van der Waals surface area contributed by atoms with Crippen LogP contribution in [0.2, 0.25) is 0 Å². The molecule has 19 heavy (non-hydrogen) atoms. The van der Waals surface area contributed by atoms with Crippen molar-refractivity contribution in [2.75, 3.05) is 0 Å². The fraction of sp³-hybridized carbons (Fsp3) is 0.667. The van der Waals surface area contributed by atoms with Crippen LogP contribution in [0.25, 0.3) is 0 Å². The summed E-state index contributed by atoms with van der Waals surface area (Å²) in [7, 11) is 0. The number of aryl methyl sites for hydroxylation is 1. The number of carboxylic acid groups (broad SMARTS) is 1. The van der Waals surface area contributed by atoms with Gasteiger partial charge in [-0.1, -0.05) is 26.7 Å². The minimum Gasteiger partial charge on any atom is -0.477 e. The summed E-state index contributed by atoms with van der Waals surface area (Å²) < 4.78 is 0. The van der Waals surface area contributed by atoms with Crippen LogP contribution in [0.5, 0.6) is 0 Å². The van der Waals surface area contributed by atoms with E-state index in [9.17, 15) is 4.79 Å². The van der Waals surface area contributed by atoms with E-state index in [1.165, 1.54) is 37.0 Å². The first-order valence-corrected chi connectivity index (χ1v) is 7.78. The first-order chi connectivity index (χ1) is 8.90. The van der Waals surface area contributed by atoms with Gasteiger partial charge in [0.25, 0.3) is 0 Å². The van der Waals surface area contributed by atoms with Crippen molar-refractivity contribution in [2.24, 2.45) is 5.41 Å². The lowest BCUT2D eigenvalue weighted by molar-refractivity contribution is 0.0702. The van der Waals surface area contributed by atoms with E-state index < -0.39 is 5.97 Å². The van der Waals surface area contributed by atoms with Crippen molar-refractivity contribution in [1.29, 1.82) is 0 Å². The molecule has 2 N–H and O–H groups in total. The Hall–Kier alpha value is -0.870. The lowest BCUT2D eigenvalue weighted by Crippen LogP contribution is -2.43. The Morgan fingerprint density at radius 3 is 2.84 bits per heavy atom. The molecule has 0 radical (unpaired) electrons. The molecule has 1 unspecified atom stereocenters. The summed E-state index contributed by atoms with van der Waals surface area (Å²) in [5.74, 6) is -0.822. The zero-order chi connectivity index (χ0) is 14.0. The maximum absolute atomic E-state index is 11.0. The highest BCUT2D eigenvalue weighted by Crippen LogP contribution is 2.35. The summed E-state index contributed by atoms with van der Waals surface area (Å²) in [5.41, 5.74) is 1.47. The molecule has 0 bridgehead atoms. The Labute approximate surface area is 119 Å². The number of thiophene rings is 1. The second kappa shape index (κ2) is 5.63. The highest BCUT2D eigenvalue weighted by atomic mass is 32.1. The maximum Gasteiger partial charge on any atom is 0.345 e. The van der Waals surface area contributed by atoms with Crippen LogP contribution in [0.15, 0.2) is 6.07 Å². The van der Waals surface area contributed by atoms with Crippen LogP contribution in [0.1, 0.15) is 59.6 Å². The van der Waals surface area contributed by atoms with E-state index in [1.807, 2.05) is 13.0 Å². The van der Waals surface area contributed by atoms with Crippen molar-refractivity contribution in [1.82, 2.24) is 5.32 Å². The average Bonchev–Trinajstić information content (AvgIpc) is 2.69. The monoisotopic (exact) mass is 281 g/mol. The van der Waals surface area contributed by atoms with Gasteiger partial charge in [-0.05, 0) is 36.8 Å².